The highest BCUT2D eigenvalue weighted by molar-refractivity contribution is 9.10. The molecule has 2 heterocycles. The number of piperazine rings is 1. The molecule has 37 heavy (non-hydrogen) atoms. The van der Waals surface area contributed by atoms with Gasteiger partial charge in [-0.1, -0.05) is 41.4 Å². The Balaban J connectivity index is 1.28. The van der Waals surface area contributed by atoms with Gasteiger partial charge in [0.25, 0.3) is 0 Å². The van der Waals surface area contributed by atoms with Crippen LogP contribution in [0.15, 0.2) is 40.9 Å². The van der Waals surface area contributed by atoms with Gasteiger partial charge in [-0.2, -0.15) is 0 Å². The molecule has 10 heteroatoms. The van der Waals surface area contributed by atoms with Crippen molar-refractivity contribution in [3.63, 3.8) is 0 Å². The van der Waals surface area contributed by atoms with Gasteiger partial charge in [0.05, 0.1) is 36.7 Å². The fourth-order valence-electron chi connectivity index (χ4n) is 4.37. The maximum absolute atomic E-state index is 11.9. The second-order valence-electron chi connectivity index (χ2n) is 9.24. The average Bonchev–Trinajstić information content (AvgIpc) is 2.88. The van der Waals surface area contributed by atoms with Crippen LogP contribution in [0.2, 0.25) is 0 Å². The molecular formula is C27H35BrN6O3. The van der Waals surface area contributed by atoms with Crippen LogP contribution in [0.3, 0.4) is 0 Å². The molecule has 4 N–H and O–H groups in total. The molecule has 0 saturated carbocycles. The van der Waals surface area contributed by atoms with Crippen molar-refractivity contribution in [1.82, 2.24) is 19.8 Å². The Morgan fingerprint density at radius 2 is 1.81 bits per heavy atom. The molecule has 1 aliphatic rings. The molecule has 1 aliphatic heterocycles. The molecule has 0 bridgehead atoms. The highest BCUT2D eigenvalue weighted by Gasteiger charge is 2.19. The average molecular weight is 572 g/mol. The minimum absolute atomic E-state index is 0.126. The van der Waals surface area contributed by atoms with Crippen LogP contribution >= 0.6 is 15.9 Å². The summed E-state index contributed by atoms with van der Waals surface area (Å²) >= 11 is 3.51. The van der Waals surface area contributed by atoms with E-state index in [2.05, 4.69) is 42.6 Å². The van der Waals surface area contributed by atoms with Gasteiger partial charge in [0.1, 0.15) is 5.75 Å². The number of esters is 1. The van der Waals surface area contributed by atoms with Crippen molar-refractivity contribution in [2.45, 2.75) is 26.2 Å². The number of hydrogen-bond acceptors (Lipinski definition) is 9. The zero-order chi connectivity index (χ0) is 26.2. The summed E-state index contributed by atoms with van der Waals surface area (Å²) in [4.78, 5) is 25.3. The van der Waals surface area contributed by atoms with Crippen molar-refractivity contribution in [3.05, 3.63) is 40.9 Å². The summed E-state index contributed by atoms with van der Waals surface area (Å²) in [7, 11) is 0. The second kappa shape index (κ2) is 13.0. The minimum atomic E-state index is -0.126. The number of nitrogens with zero attached hydrogens (tertiary/aromatic N) is 4. The van der Waals surface area contributed by atoms with Gasteiger partial charge in [-0.25, -0.2) is 9.97 Å². The van der Waals surface area contributed by atoms with Gasteiger partial charge >= 0.3 is 5.97 Å². The first kappa shape index (κ1) is 27.1. The first-order valence-corrected chi connectivity index (χ1v) is 13.6. The lowest BCUT2D eigenvalue weighted by Crippen LogP contribution is -2.48. The molecular weight excluding hydrogens is 536 g/mol. The number of rotatable bonds is 11. The molecule has 0 spiro atoms. The number of carbonyl (C=O) groups excluding carboxylic acids is 1. The van der Waals surface area contributed by atoms with Crippen LogP contribution in [-0.4, -0.2) is 78.2 Å². The van der Waals surface area contributed by atoms with E-state index in [-0.39, 0.29) is 11.9 Å². The Morgan fingerprint density at radius 3 is 2.57 bits per heavy atom. The number of hydrogen-bond donors (Lipinski definition) is 2. The third-order valence-corrected chi connectivity index (χ3v) is 6.89. The predicted octanol–water partition coefficient (Wildman–Crippen LogP) is 3.95. The van der Waals surface area contributed by atoms with E-state index in [4.69, 9.17) is 20.9 Å². The quantitative estimate of drug-likeness (QED) is 0.200. The number of carbonyl (C=O) groups is 1. The number of fused-ring (bicyclic) bond motifs is 1. The number of nitrogens with two attached hydrogens (primary N) is 2. The van der Waals surface area contributed by atoms with Gasteiger partial charge in [-0.05, 0) is 31.0 Å². The Bertz CT molecular complexity index is 1220. The maximum Gasteiger partial charge on any atom is 0.320 e. The lowest BCUT2D eigenvalue weighted by Gasteiger charge is -2.34. The molecule has 4 rings (SSSR count). The van der Waals surface area contributed by atoms with Crippen LogP contribution in [-0.2, 0) is 9.53 Å². The molecule has 0 amide bonds. The van der Waals surface area contributed by atoms with Crippen molar-refractivity contribution in [3.8, 4) is 17.0 Å². The molecule has 0 radical (unpaired) electrons. The van der Waals surface area contributed by atoms with Gasteiger partial charge in [-0.3, -0.25) is 9.69 Å². The lowest BCUT2D eigenvalue weighted by molar-refractivity contribution is -0.145. The van der Waals surface area contributed by atoms with E-state index in [1.807, 2.05) is 36.4 Å². The van der Waals surface area contributed by atoms with Gasteiger partial charge in [0, 0.05) is 54.2 Å². The number of ether oxygens (including phenoxy) is 2. The normalized spacial score (nSPS) is 14.6. The third-order valence-electron chi connectivity index (χ3n) is 6.40. The first-order chi connectivity index (χ1) is 17.9. The van der Waals surface area contributed by atoms with Crippen molar-refractivity contribution in [2.24, 2.45) is 0 Å². The lowest BCUT2D eigenvalue weighted by atomic mass is 10.1. The Labute approximate surface area is 226 Å². The molecule has 1 aromatic heterocycles. The zero-order valence-electron chi connectivity index (χ0n) is 21.3. The number of anilines is 2. The summed E-state index contributed by atoms with van der Waals surface area (Å²) in [6, 6.07) is 11.6. The molecule has 1 fully saturated rings. The van der Waals surface area contributed by atoms with Crippen molar-refractivity contribution >= 4 is 44.4 Å². The Kier molecular flexibility index (Phi) is 9.54. The van der Waals surface area contributed by atoms with Crippen LogP contribution in [0.5, 0.6) is 5.75 Å². The van der Waals surface area contributed by atoms with Crippen LogP contribution in [0.25, 0.3) is 22.2 Å². The molecule has 0 aliphatic carbocycles. The standard InChI is InChI=1S/C27H35BrN6O3/c1-2-3-13-37-25(35)18-34-11-9-33(10-12-34)8-5-14-36-24-17-23-21(16-22(24)29)26(32-27(30)31-23)19-6-4-7-20(28)15-19/h4,6-7,15-17H,2-3,5,8-14,18,29H2,1H3,(H2,30,31,32). The van der Waals surface area contributed by atoms with Crippen LogP contribution < -0.4 is 16.2 Å². The molecule has 3 aromatic rings. The molecule has 1 saturated heterocycles. The topological polar surface area (TPSA) is 120 Å². The van der Waals surface area contributed by atoms with E-state index in [0.29, 0.717) is 36.7 Å². The van der Waals surface area contributed by atoms with Crippen LogP contribution in [0.4, 0.5) is 11.6 Å². The summed E-state index contributed by atoms with van der Waals surface area (Å²) < 4.78 is 12.3. The summed E-state index contributed by atoms with van der Waals surface area (Å²) in [6.45, 7) is 8.02. The van der Waals surface area contributed by atoms with Crippen molar-refractivity contribution in [2.75, 3.05) is 63.9 Å². The minimum Gasteiger partial charge on any atom is -0.491 e. The summed E-state index contributed by atoms with van der Waals surface area (Å²) in [6.07, 6.45) is 2.81. The maximum atomic E-state index is 11.9. The molecule has 0 atom stereocenters. The predicted molar refractivity (Wildman–Crippen MR) is 150 cm³/mol. The Morgan fingerprint density at radius 1 is 1.03 bits per heavy atom. The SMILES string of the molecule is CCCCOC(=O)CN1CCN(CCCOc2cc3nc(N)nc(-c4cccc(Br)c4)c3cc2N)CC1. The smallest absolute Gasteiger partial charge is 0.320 e. The monoisotopic (exact) mass is 570 g/mol. The fourth-order valence-corrected chi connectivity index (χ4v) is 4.77. The zero-order valence-corrected chi connectivity index (χ0v) is 22.9. The third kappa shape index (κ3) is 7.53. The van der Waals surface area contributed by atoms with E-state index in [1.165, 1.54) is 0 Å². The highest BCUT2D eigenvalue weighted by Crippen LogP contribution is 2.34. The Hall–Kier alpha value is -2.95. The second-order valence-corrected chi connectivity index (χ2v) is 10.2. The van der Waals surface area contributed by atoms with Crippen molar-refractivity contribution in [1.29, 1.82) is 0 Å². The van der Waals surface area contributed by atoms with Gasteiger partial charge in [0.2, 0.25) is 5.95 Å². The molecule has 0 unspecified atom stereocenters. The number of unbranched alkanes of at least 4 members (excludes halogenated alkanes) is 1. The fraction of sp³-hybridized carbons (Fsp3) is 0.444. The van der Waals surface area contributed by atoms with Gasteiger partial charge in [0.15, 0.2) is 0 Å². The largest absolute Gasteiger partial charge is 0.491 e. The van der Waals surface area contributed by atoms with E-state index < -0.39 is 0 Å². The number of nitrogen functional groups attached to an aromatic ring is 2. The number of benzene rings is 2. The van der Waals surface area contributed by atoms with Crippen molar-refractivity contribution < 1.29 is 14.3 Å². The number of aromatic nitrogens is 2. The summed E-state index contributed by atoms with van der Waals surface area (Å²) in [5, 5.41) is 0.823. The molecule has 9 nitrogen and oxygen atoms in total. The summed E-state index contributed by atoms with van der Waals surface area (Å²) in [5.41, 5.74) is 15.2. The summed E-state index contributed by atoms with van der Waals surface area (Å²) in [5.74, 6) is 0.669. The highest BCUT2D eigenvalue weighted by atomic mass is 79.9. The number of halogens is 1. The van der Waals surface area contributed by atoms with Crippen LogP contribution in [0.1, 0.15) is 26.2 Å². The van der Waals surface area contributed by atoms with E-state index in [9.17, 15) is 4.79 Å². The first-order valence-electron chi connectivity index (χ1n) is 12.8. The van der Waals surface area contributed by atoms with E-state index in [1.54, 1.807) is 0 Å². The van der Waals surface area contributed by atoms with Gasteiger partial charge < -0.3 is 25.8 Å². The van der Waals surface area contributed by atoms with Crippen LogP contribution in [0, 0.1) is 0 Å². The van der Waals surface area contributed by atoms with E-state index >= 15 is 0 Å². The van der Waals surface area contributed by atoms with E-state index in [0.717, 1.165) is 73.1 Å². The molecule has 2 aromatic carbocycles. The molecule has 198 valence electrons. The van der Waals surface area contributed by atoms with Gasteiger partial charge in [-0.15, -0.1) is 0 Å².